The number of rotatable bonds is 4. The van der Waals surface area contributed by atoms with Gasteiger partial charge in [-0.25, -0.2) is 8.42 Å². The molecule has 4 rings (SSSR count). The van der Waals surface area contributed by atoms with Crippen molar-refractivity contribution in [3.8, 4) is 5.75 Å². The molecule has 3 fully saturated rings. The first-order valence-electron chi connectivity index (χ1n) is 10.6. The highest BCUT2D eigenvalue weighted by Gasteiger charge is 2.35. The number of ether oxygens (including phenoxy) is 2. The van der Waals surface area contributed by atoms with Gasteiger partial charge in [0.1, 0.15) is 5.75 Å². The molecule has 0 aromatic heterocycles. The highest BCUT2D eigenvalue weighted by atomic mass is 32.2. The zero-order valence-corrected chi connectivity index (χ0v) is 17.8. The van der Waals surface area contributed by atoms with E-state index in [1.54, 1.807) is 6.07 Å². The summed E-state index contributed by atoms with van der Waals surface area (Å²) in [5.74, 6) is 1.57. The minimum absolute atomic E-state index is 0.134. The summed E-state index contributed by atoms with van der Waals surface area (Å²) < 4.78 is 38.1. The molecule has 2 heterocycles. The molecule has 1 aliphatic carbocycles. The Morgan fingerprint density at radius 2 is 1.79 bits per heavy atom. The quantitative estimate of drug-likeness (QED) is 0.745. The average molecular weight is 423 g/mol. The van der Waals surface area contributed by atoms with E-state index < -0.39 is 10.0 Å². The van der Waals surface area contributed by atoms with Gasteiger partial charge in [0, 0.05) is 26.2 Å². The molecule has 160 valence electrons. The van der Waals surface area contributed by atoms with Crippen molar-refractivity contribution in [2.75, 3.05) is 46.5 Å². The molecule has 1 saturated carbocycles. The number of hydrogen-bond donors (Lipinski definition) is 0. The van der Waals surface area contributed by atoms with Gasteiger partial charge in [-0.15, -0.1) is 0 Å². The number of amides is 1. The van der Waals surface area contributed by atoms with E-state index in [2.05, 4.69) is 0 Å². The number of carbonyl (C=O) groups excluding carboxylic acids is 1. The van der Waals surface area contributed by atoms with Crippen LogP contribution in [-0.4, -0.2) is 70.0 Å². The number of fused-ring (bicyclic) bond motifs is 1. The molecule has 0 unspecified atom stereocenters. The lowest BCUT2D eigenvalue weighted by Crippen LogP contribution is -2.45. The number of piperidine rings is 1. The average Bonchev–Trinajstić information content (AvgIpc) is 2.78. The van der Waals surface area contributed by atoms with E-state index in [4.69, 9.17) is 9.47 Å². The first-order valence-corrected chi connectivity index (χ1v) is 12.0. The van der Waals surface area contributed by atoms with Crippen molar-refractivity contribution in [2.45, 2.75) is 37.0 Å². The third-order valence-corrected chi connectivity index (χ3v) is 8.48. The van der Waals surface area contributed by atoms with Gasteiger partial charge in [0.25, 0.3) is 5.91 Å². The number of nitrogens with zero attached hydrogens (tertiary/aromatic N) is 2. The van der Waals surface area contributed by atoms with Gasteiger partial charge in [-0.05, 0) is 42.9 Å². The molecule has 3 aliphatic rings. The van der Waals surface area contributed by atoms with Crippen molar-refractivity contribution in [1.29, 1.82) is 0 Å². The maximum Gasteiger partial charge on any atom is 0.257 e. The molecule has 0 spiro atoms. The van der Waals surface area contributed by atoms with E-state index in [-0.39, 0.29) is 10.8 Å². The monoisotopic (exact) mass is 422 g/mol. The van der Waals surface area contributed by atoms with Crippen LogP contribution >= 0.6 is 0 Å². The van der Waals surface area contributed by atoms with Crippen LogP contribution in [0.15, 0.2) is 23.1 Å². The minimum atomic E-state index is -3.67. The van der Waals surface area contributed by atoms with Gasteiger partial charge < -0.3 is 14.4 Å². The summed E-state index contributed by atoms with van der Waals surface area (Å²) >= 11 is 0. The molecule has 8 heteroatoms. The van der Waals surface area contributed by atoms with Gasteiger partial charge in [-0.3, -0.25) is 4.79 Å². The molecule has 1 aromatic carbocycles. The molecule has 29 heavy (non-hydrogen) atoms. The van der Waals surface area contributed by atoms with Gasteiger partial charge in [0.05, 0.1) is 30.8 Å². The van der Waals surface area contributed by atoms with E-state index in [1.165, 1.54) is 49.2 Å². The molecule has 0 N–H and O–H groups in total. The summed E-state index contributed by atoms with van der Waals surface area (Å²) in [6, 6.07) is 4.60. The molecule has 2 saturated heterocycles. The summed E-state index contributed by atoms with van der Waals surface area (Å²) in [5, 5.41) is 0. The molecule has 1 aromatic rings. The second-order valence-corrected chi connectivity index (χ2v) is 10.2. The van der Waals surface area contributed by atoms with Crippen molar-refractivity contribution in [2.24, 2.45) is 11.8 Å². The Kier molecular flexibility index (Phi) is 6.13. The number of likely N-dealkylation sites (tertiary alicyclic amines) is 1. The number of hydrogen-bond acceptors (Lipinski definition) is 5. The standard InChI is InChI=1S/C21H30N2O5S/c1-27-20-7-6-18(29(25,26)23-10-12-28-13-11-23)14-19(20)21(24)22-9-8-16-4-2-3-5-17(16)15-22/h6-7,14,16-17H,2-5,8-13,15H2,1H3/t16-,17+/m0/s1. The Hall–Kier alpha value is -1.64. The minimum Gasteiger partial charge on any atom is -0.496 e. The highest BCUT2D eigenvalue weighted by molar-refractivity contribution is 7.89. The fraction of sp³-hybridized carbons (Fsp3) is 0.667. The Morgan fingerprint density at radius 3 is 2.52 bits per heavy atom. The van der Waals surface area contributed by atoms with Crippen molar-refractivity contribution in [3.63, 3.8) is 0 Å². The third kappa shape index (κ3) is 4.15. The molecule has 0 radical (unpaired) electrons. The van der Waals surface area contributed by atoms with Crippen LogP contribution in [0.4, 0.5) is 0 Å². The van der Waals surface area contributed by atoms with Crippen LogP contribution < -0.4 is 4.74 Å². The highest BCUT2D eigenvalue weighted by Crippen LogP contribution is 2.37. The van der Waals surface area contributed by atoms with Crippen LogP contribution in [0.25, 0.3) is 0 Å². The van der Waals surface area contributed by atoms with Gasteiger partial charge in [-0.1, -0.05) is 19.3 Å². The van der Waals surface area contributed by atoms with Gasteiger partial charge in [-0.2, -0.15) is 4.31 Å². The number of methoxy groups -OCH3 is 1. The van der Waals surface area contributed by atoms with Crippen LogP contribution in [0.2, 0.25) is 0 Å². The van der Waals surface area contributed by atoms with Crippen LogP contribution in [0.1, 0.15) is 42.5 Å². The predicted octanol–water partition coefficient (Wildman–Crippen LogP) is 2.37. The van der Waals surface area contributed by atoms with Crippen LogP contribution in [0.3, 0.4) is 0 Å². The lowest BCUT2D eigenvalue weighted by Gasteiger charge is -2.41. The fourth-order valence-electron chi connectivity index (χ4n) is 4.91. The Labute approximate surface area is 173 Å². The van der Waals surface area contributed by atoms with Crippen LogP contribution in [-0.2, 0) is 14.8 Å². The number of benzene rings is 1. The van der Waals surface area contributed by atoms with Gasteiger partial charge >= 0.3 is 0 Å². The smallest absolute Gasteiger partial charge is 0.257 e. The first-order chi connectivity index (χ1) is 14.0. The maximum absolute atomic E-state index is 13.3. The fourth-order valence-corrected chi connectivity index (χ4v) is 6.34. The molecule has 7 nitrogen and oxygen atoms in total. The second kappa shape index (κ2) is 8.62. The van der Waals surface area contributed by atoms with Gasteiger partial charge in [0.2, 0.25) is 10.0 Å². The molecule has 2 aliphatic heterocycles. The molecule has 0 bridgehead atoms. The second-order valence-electron chi connectivity index (χ2n) is 8.22. The Morgan fingerprint density at radius 1 is 1.07 bits per heavy atom. The molecule has 1 amide bonds. The zero-order chi connectivity index (χ0) is 20.4. The summed E-state index contributed by atoms with van der Waals surface area (Å²) in [6.07, 6.45) is 6.01. The third-order valence-electron chi connectivity index (χ3n) is 6.59. The largest absolute Gasteiger partial charge is 0.496 e. The van der Waals surface area contributed by atoms with Crippen LogP contribution in [0, 0.1) is 11.8 Å². The molecule has 2 atom stereocenters. The first kappa shape index (κ1) is 20.6. The van der Waals surface area contributed by atoms with Crippen molar-refractivity contribution < 1.29 is 22.7 Å². The summed E-state index contributed by atoms with van der Waals surface area (Å²) in [5.41, 5.74) is 0.330. The number of carbonyl (C=O) groups is 1. The Bertz CT molecular complexity index is 851. The zero-order valence-electron chi connectivity index (χ0n) is 17.0. The van der Waals surface area contributed by atoms with Gasteiger partial charge in [0.15, 0.2) is 0 Å². The topological polar surface area (TPSA) is 76.1 Å². The lowest BCUT2D eigenvalue weighted by molar-refractivity contribution is 0.0517. The normalized spacial score (nSPS) is 26.0. The summed E-state index contributed by atoms with van der Waals surface area (Å²) in [4.78, 5) is 15.3. The van der Waals surface area contributed by atoms with Crippen molar-refractivity contribution in [3.05, 3.63) is 23.8 Å². The Balaban J connectivity index is 1.59. The van der Waals surface area contributed by atoms with Crippen LogP contribution in [0.5, 0.6) is 5.75 Å². The molecular weight excluding hydrogens is 392 g/mol. The lowest BCUT2D eigenvalue weighted by atomic mass is 9.75. The van der Waals surface area contributed by atoms with Crippen molar-refractivity contribution >= 4 is 15.9 Å². The predicted molar refractivity (Wildman–Crippen MR) is 109 cm³/mol. The summed E-state index contributed by atoms with van der Waals surface area (Å²) in [7, 11) is -2.16. The number of sulfonamides is 1. The number of morpholine rings is 1. The van der Waals surface area contributed by atoms with E-state index in [9.17, 15) is 13.2 Å². The van der Waals surface area contributed by atoms with E-state index in [0.29, 0.717) is 43.5 Å². The molecular formula is C21H30N2O5S. The summed E-state index contributed by atoms with van der Waals surface area (Å²) in [6.45, 7) is 2.91. The van der Waals surface area contributed by atoms with Crippen molar-refractivity contribution in [1.82, 2.24) is 9.21 Å². The SMILES string of the molecule is COc1ccc(S(=O)(=O)N2CCOCC2)cc1C(=O)N1CC[C@@H]2CCCC[C@@H]2C1. The van der Waals surface area contributed by atoms with E-state index in [0.717, 1.165) is 25.4 Å². The van der Waals surface area contributed by atoms with E-state index in [1.807, 2.05) is 4.90 Å². The van der Waals surface area contributed by atoms with E-state index >= 15 is 0 Å². The maximum atomic E-state index is 13.3.